The molecular formula is C10H18N2O4. The van der Waals surface area contributed by atoms with Crippen LogP contribution in [-0.2, 0) is 14.3 Å². The largest absolute Gasteiger partial charge is 0.480 e. The number of aliphatic carboxylic acids is 1. The fraction of sp³-hybridized carbons (Fsp3) is 0.800. The number of nitrogens with one attached hydrogen (secondary N) is 1. The van der Waals surface area contributed by atoms with Crippen molar-refractivity contribution in [2.24, 2.45) is 5.73 Å². The van der Waals surface area contributed by atoms with Crippen molar-refractivity contribution < 1.29 is 19.4 Å². The van der Waals surface area contributed by atoms with E-state index in [4.69, 9.17) is 15.6 Å². The van der Waals surface area contributed by atoms with Crippen LogP contribution < -0.4 is 11.1 Å². The van der Waals surface area contributed by atoms with E-state index >= 15 is 0 Å². The third-order valence-corrected chi connectivity index (χ3v) is 2.91. The molecule has 0 bridgehead atoms. The Morgan fingerprint density at radius 2 is 2.06 bits per heavy atom. The molecule has 6 heteroatoms. The third-order valence-electron chi connectivity index (χ3n) is 2.91. The second-order valence-electron chi connectivity index (χ2n) is 4.15. The summed E-state index contributed by atoms with van der Waals surface area (Å²) in [5.74, 6) is -1.45. The molecule has 0 spiro atoms. The van der Waals surface area contributed by atoms with E-state index in [-0.39, 0.29) is 6.61 Å². The van der Waals surface area contributed by atoms with Gasteiger partial charge in [0.05, 0.1) is 6.61 Å². The minimum absolute atomic E-state index is 0.0849. The minimum atomic E-state index is -1.12. The molecule has 1 atom stereocenters. The first-order valence-corrected chi connectivity index (χ1v) is 5.32. The number of carboxylic acid groups (broad SMARTS) is 1. The third kappa shape index (κ3) is 2.70. The first-order valence-electron chi connectivity index (χ1n) is 5.32. The van der Waals surface area contributed by atoms with Gasteiger partial charge in [-0.1, -0.05) is 12.8 Å². The molecule has 1 unspecified atom stereocenters. The molecule has 0 saturated heterocycles. The Morgan fingerprint density at radius 1 is 1.50 bits per heavy atom. The fourth-order valence-electron chi connectivity index (χ4n) is 1.95. The zero-order valence-electron chi connectivity index (χ0n) is 9.36. The maximum absolute atomic E-state index is 11.6. The van der Waals surface area contributed by atoms with Gasteiger partial charge in [0.1, 0.15) is 11.6 Å². The van der Waals surface area contributed by atoms with E-state index in [1.807, 2.05) is 0 Å². The van der Waals surface area contributed by atoms with Gasteiger partial charge < -0.3 is 20.9 Å². The van der Waals surface area contributed by atoms with Crippen LogP contribution in [0.3, 0.4) is 0 Å². The summed E-state index contributed by atoms with van der Waals surface area (Å²) < 4.78 is 4.75. The number of methoxy groups -OCH3 is 1. The van der Waals surface area contributed by atoms with E-state index in [0.29, 0.717) is 12.8 Å². The van der Waals surface area contributed by atoms with Crippen LogP contribution in [0, 0.1) is 0 Å². The van der Waals surface area contributed by atoms with Gasteiger partial charge in [-0.25, -0.2) is 4.79 Å². The predicted octanol–water partition coefficient (Wildman–Crippen LogP) is -0.526. The van der Waals surface area contributed by atoms with Crippen molar-refractivity contribution in [1.29, 1.82) is 0 Å². The summed E-state index contributed by atoms with van der Waals surface area (Å²) in [6.45, 7) is 0.0849. The summed E-state index contributed by atoms with van der Waals surface area (Å²) in [5, 5.41) is 11.7. The highest BCUT2D eigenvalue weighted by molar-refractivity contribution is 5.89. The lowest BCUT2D eigenvalue weighted by Crippen LogP contribution is -2.57. The number of amides is 1. The van der Waals surface area contributed by atoms with Gasteiger partial charge in [-0.15, -0.1) is 0 Å². The van der Waals surface area contributed by atoms with Gasteiger partial charge >= 0.3 is 5.97 Å². The van der Waals surface area contributed by atoms with Gasteiger partial charge in [0, 0.05) is 7.11 Å². The van der Waals surface area contributed by atoms with E-state index in [0.717, 1.165) is 12.8 Å². The van der Waals surface area contributed by atoms with Crippen molar-refractivity contribution in [2.75, 3.05) is 13.7 Å². The van der Waals surface area contributed by atoms with Crippen LogP contribution in [0.4, 0.5) is 0 Å². The van der Waals surface area contributed by atoms with Gasteiger partial charge in [0.2, 0.25) is 5.91 Å². The molecule has 16 heavy (non-hydrogen) atoms. The monoisotopic (exact) mass is 230 g/mol. The molecule has 1 aliphatic rings. The Morgan fingerprint density at radius 3 is 2.50 bits per heavy atom. The lowest BCUT2D eigenvalue weighted by molar-refractivity contribution is -0.147. The Labute approximate surface area is 94.1 Å². The second-order valence-corrected chi connectivity index (χ2v) is 4.15. The van der Waals surface area contributed by atoms with Gasteiger partial charge in [-0.2, -0.15) is 0 Å². The van der Waals surface area contributed by atoms with E-state index in [2.05, 4.69) is 5.32 Å². The Balaban J connectivity index is 2.62. The summed E-state index contributed by atoms with van der Waals surface area (Å²) in [6.07, 6.45) is 2.56. The maximum atomic E-state index is 11.6. The minimum Gasteiger partial charge on any atom is -0.480 e. The lowest BCUT2D eigenvalue weighted by atomic mass is 9.97. The van der Waals surface area contributed by atoms with E-state index in [1.165, 1.54) is 7.11 Å². The Hall–Kier alpha value is -1.14. The molecule has 92 valence electrons. The lowest BCUT2D eigenvalue weighted by Gasteiger charge is -2.26. The van der Waals surface area contributed by atoms with Crippen LogP contribution in [-0.4, -0.2) is 42.3 Å². The average molecular weight is 230 g/mol. The SMILES string of the molecule is COCC(N)C(=O)NC1(C(=O)O)CCCC1. The summed E-state index contributed by atoms with van der Waals surface area (Å²) in [5.41, 5.74) is 4.41. The zero-order chi connectivity index (χ0) is 12.2. The van der Waals surface area contributed by atoms with Crippen LogP contribution in [0.2, 0.25) is 0 Å². The molecule has 1 amide bonds. The molecule has 4 N–H and O–H groups in total. The molecule has 0 aromatic heterocycles. The molecule has 0 aliphatic heterocycles. The number of carbonyl (C=O) groups is 2. The molecule has 1 rings (SSSR count). The van der Waals surface area contributed by atoms with Crippen molar-refractivity contribution in [1.82, 2.24) is 5.32 Å². The number of hydrogen-bond donors (Lipinski definition) is 3. The normalized spacial score (nSPS) is 20.4. The zero-order valence-corrected chi connectivity index (χ0v) is 9.36. The van der Waals surface area contributed by atoms with E-state index < -0.39 is 23.5 Å². The average Bonchev–Trinajstić information content (AvgIpc) is 2.68. The highest BCUT2D eigenvalue weighted by Crippen LogP contribution is 2.29. The number of hydrogen-bond acceptors (Lipinski definition) is 4. The maximum Gasteiger partial charge on any atom is 0.329 e. The molecule has 1 saturated carbocycles. The number of carboxylic acids is 1. The van der Waals surface area contributed by atoms with Gasteiger partial charge in [0.25, 0.3) is 0 Å². The summed E-state index contributed by atoms with van der Waals surface area (Å²) in [4.78, 5) is 22.8. The number of carbonyl (C=O) groups excluding carboxylic acids is 1. The topological polar surface area (TPSA) is 102 Å². The number of rotatable bonds is 5. The predicted molar refractivity (Wildman–Crippen MR) is 56.8 cm³/mol. The smallest absolute Gasteiger partial charge is 0.329 e. The highest BCUT2D eigenvalue weighted by Gasteiger charge is 2.43. The molecular weight excluding hydrogens is 212 g/mol. The van der Waals surface area contributed by atoms with Crippen molar-refractivity contribution in [3.8, 4) is 0 Å². The summed E-state index contributed by atoms with van der Waals surface area (Å²) in [7, 11) is 1.44. The second kappa shape index (κ2) is 5.27. The van der Waals surface area contributed by atoms with Gasteiger partial charge in [-0.3, -0.25) is 4.79 Å². The van der Waals surface area contributed by atoms with E-state index in [9.17, 15) is 9.59 Å². The number of nitrogens with two attached hydrogens (primary N) is 1. The number of ether oxygens (including phenoxy) is 1. The Bertz CT molecular complexity index is 274. The molecule has 0 aromatic carbocycles. The molecule has 1 aliphatic carbocycles. The highest BCUT2D eigenvalue weighted by atomic mass is 16.5. The molecule has 1 fully saturated rings. The van der Waals surface area contributed by atoms with Crippen molar-refractivity contribution >= 4 is 11.9 Å². The van der Waals surface area contributed by atoms with Crippen LogP contribution >= 0.6 is 0 Å². The van der Waals surface area contributed by atoms with Gasteiger partial charge in [0.15, 0.2) is 0 Å². The summed E-state index contributed by atoms with van der Waals surface area (Å²) >= 11 is 0. The van der Waals surface area contributed by atoms with Crippen LogP contribution in [0.25, 0.3) is 0 Å². The van der Waals surface area contributed by atoms with Crippen molar-refractivity contribution in [2.45, 2.75) is 37.3 Å². The fourth-order valence-corrected chi connectivity index (χ4v) is 1.95. The van der Waals surface area contributed by atoms with Crippen molar-refractivity contribution in [3.05, 3.63) is 0 Å². The standard InChI is InChI=1S/C10H18N2O4/c1-16-6-7(11)8(13)12-10(9(14)15)4-2-3-5-10/h7H,2-6,11H2,1H3,(H,12,13)(H,14,15). The van der Waals surface area contributed by atoms with Crippen LogP contribution in [0.5, 0.6) is 0 Å². The quantitative estimate of drug-likeness (QED) is 0.589. The van der Waals surface area contributed by atoms with Crippen molar-refractivity contribution in [3.63, 3.8) is 0 Å². The van der Waals surface area contributed by atoms with Gasteiger partial charge in [-0.05, 0) is 12.8 Å². The Kier molecular flexibility index (Phi) is 4.26. The molecule has 6 nitrogen and oxygen atoms in total. The summed E-state index contributed by atoms with van der Waals surface area (Å²) in [6, 6.07) is -0.818. The molecule has 0 radical (unpaired) electrons. The van der Waals surface area contributed by atoms with Crippen LogP contribution in [0.15, 0.2) is 0 Å². The molecule has 0 heterocycles. The first-order chi connectivity index (χ1) is 7.52. The van der Waals surface area contributed by atoms with Crippen LogP contribution in [0.1, 0.15) is 25.7 Å². The van der Waals surface area contributed by atoms with E-state index in [1.54, 1.807) is 0 Å². The first kappa shape index (κ1) is 12.9. The molecule has 0 aromatic rings.